The molecule has 164 valence electrons. The molecule has 0 radical (unpaired) electrons. The van der Waals surface area contributed by atoms with Crippen LogP contribution in [0.4, 0.5) is 0 Å². The van der Waals surface area contributed by atoms with Crippen molar-refractivity contribution in [2.24, 2.45) is 0 Å². The van der Waals surface area contributed by atoms with Crippen LogP contribution in [0.1, 0.15) is 44.4 Å². The molecule has 1 aliphatic heterocycles. The quantitative estimate of drug-likeness (QED) is 0.120. The molecule has 1 fully saturated rings. The van der Waals surface area contributed by atoms with Gasteiger partial charge in [-0.2, -0.15) is 0 Å². The molecule has 5 atom stereocenters. The number of pyridine rings is 1. The second kappa shape index (κ2) is 11.6. The van der Waals surface area contributed by atoms with Crippen LogP contribution in [0.3, 0.4) is 0 Å². The van der Waals surface area contributed by atoms with E-state index in [1.165, 1.54) is 18.3 Å². The molecule has 0 aromatic carbocycles. The van der Waals surface area contributed by atoms with Crippen molar-refractivity contribution in [3.05, 3.63) is 24.0 Å². The van der Waals surface area contributed by atoms with E-state index in [0.29, 0.717) is 12.1 Å². The summed E-state index contributed by atoms with van der Waals surface area (Å²) in [5.41, 5.74) is 0.311. The molecule has 1 aromatic rings. The molecule has 0 aliphatic carbocycles. The van der Waals surface area contributed by atoms with Crippen LogP contribution in [0, 0.1) is 0 Å². The Hall–Kier alpha value is -1.54. The third kappa shape index (κ3) is 7.33. The molecule has 1 unspecified atom stereocenters. The molecule has 0 spiro atoms. The van der Waals surface area contributed by atoms with E-state index in [4.69, 9.17) is 14.6 Å². The summed E-state index contributed by atoms with van der Waals surface area (Å²) in [5.74, 6) is -1.18. The van der Waals surface area contributed by atoms with Gasteiger partial charge in [0.25, 0.3) is 0 Å². The van der Waals surface area contributed by atoms with Crippen molar-refractivity contribution in [3.8, 4) is 5.75 Å². The van der Waals surface area contributed by atoms with Crippen LogP contribution in [0.5, 0.6) is 5.75 Å². The summed E-state index contributed by atoms with van der Waals surface area (Å²) < 4.78 is 8.25. The van der Waals surface area contributed by atoms with E-state index in [1.54, 1.807) is 0 Å². The standard InChI is InChI=1S/C18H26IN2O8/c1-2-3-4-5-13(23)21-9-12(22)11-7-6-10(8-20-11)28-18-14(24)15(25)19-16(29-18)17(26)27/h6-8,12,14-16,18,22,24-25H,2-5,9H2,1H3,(H,21,23)(H,26,27)/q-1/t12-,14?,15-,16-,18-/m1/s1. The minimum atomic E-state index is -1.37. The Labute approximate surface area is 178 Å². The number of amides is 1. The fraction of sp³-hybridized carbons (Fsp3) is 0.611. The maximum atomic E-state index is 11.7. The number of carboxylic acids is 1. The van der Waals surface area contributed by atoms with Crippen LogP contribution in [-0.4, -0.2) is 64.4 Å². The molecule has 0 bridgehead atoms. The number of aliphatic hydroxyl groups is 3. The molecule has 2 heterocycles. The van der Waals surface area contributed by atoms with E-state index in [9.17, 15) is 24.9 Å². The normalized spacial score (nSPS) is 25.5. The van der Waals surface area contributed by atoms with Crippen LogP contribution in [0.2, 0.25) is 0 Å². The fourth-order valence-electron chi connectivity index (χ4n) is 2.49. The zero-order valence-corrected chi connectivity index (χ0v) is 18.1. The molecule has 1 saturated heterocycles. The van der Waals surface area contributed by atoms with Crippen molar-refractivity contribution < 1.29 is 60.7 Å². The topological polar surface area (TPSA) is 158 Å². The van der Waals surface area contributed by atoms with Gasteiger partial charge in [0, 0.05) is 6.42 Å². The summed E-state index contributed by atoms with van der Waals surface area (Å²) in [4.78, 5) is 26.9. The maximum absolute atomic E-state index is 11.7. The van der Waals surface area contributed by atoms with Crippen molar-refractivity contribution >= 4 is 11.9 Å². The van der Waals surface area contributed by atoms with Gasteiger partial charge in [0.1, 0.15) is 0 Å². The second-order valence-electron chi connectivity index (χ2n) is 6.46. The third-order valence-corrected chi connectivity index (χ3v) is 7.06. The van der Waals surface area contributed by atoms with Crippen molar-refractivity contribution in [2.45, 2.75) is 59.3 Å². The number of hydrogen-bond donors (Lipinski definition) is 5. The van der Waals surface area contributed by atoms with Crippen molar-refractivity contribution in [1.82, 2.24) is 10.3 Å². The van der Waals surface area contributed by atoms with E-state index < -0.39 is 53.9 Å². The number of nitrogens with zero attached hydrogens (tertiary/aromatic N) is 1. The predicted molar refractivity (Wildman–Crippen MR) is 95.3 cm³/mol. The zero-order chi connectivity index (χ0) is 21.4. The Morgan fingerprint density at radius 3 is 2.72 bits per heavy atom. The monoisotopic (exact) mass is 525 g/mol. The number of carboxylic acid groups (broad SMARTS) is 1. The first kappa shape index (κ1) is 23.7. The van der Waals surface area contributed by atoms with Crippen LogP contribution in [0.15, 0.2) is 18.3 Å². The summed E-state index contributed by atoms with van der Waals surface area (Å²) in [6, 6.07) is 2.95. The van der Waals surface area contributed by atoms with E-state index in [2.05, 4.69) is 17.2 Å². The number of ether oxygens (including phenoxy) is 2. The van der Waals surface area contributed by atoms with Gasteiger partial charge in [-0.1, -0.05) is 19.8 Å². The summed E-state index contributed by atoms with van der Waals surface area (Å²) in [7, 11) is 0. The summed E-state index contributed by atoms with van der Waals surface area (Å²) >= 11 is -1.31. The average molecular weight is 525 g/mol. The Bertz CT molecular complexity index is 674. The van der Waals surface area contributed by atoms with Crippen LogP contribution in [-0.2, 0) is 14.3 Å². The molecule has 1 aromatic heterocycles. The predicted octanol–water partition coefficient (Wildman–Crippen LogP) is -3.27. The zero-order valence-electron chi connectivity index (χ0n) is 15.9. The van der Waals surface area contributed by atoms with Gasteiger partial charge in [0.15, 0.2) is 0 Å². The Morgan fingerprint density at radius 2 is 2.10 bits per heavy atom. The number of aliphatic hydroxyl groups excluding tert-OH is 3. The van der Waals surface area contributed by atoms with Gasteiger partial charge in [-0.25, -0.2) is 0 Å². The van der Waals surface area contributed by atoms with Crippen molar-refractivity contribution in [2.75, 3.05) is 6.54 Å². The minimum absolute atomic E-state index is 0.0265. The molecule has 2 rings (SSSR count). The average Bonchev–Trinajstić information content (AvgIpc) is 2.70. The molecular formula is C18H26IN2O8-. The number of alkyl halides is 2. The SMILES string of the molecule is CCCCCC(=O)NC[C@@H](O)c1ccc(O[C@@H]2O[C@H](C(=O)O)[I-][C@H](O)C2O)cn1. The molecule has 5 N–H and O–H groups in total. The summed E-state index contributed by atoms with van der Waals surface area (Å²) in [6.07, 6.45) is 0.778. The second-order valence-corrected chi connectivity index (χ2v) is 9.59. The molecule has 1 amide bonds. The number of rotatable bonds is 10. The van der Waals surface area contributed by atoms with E-state index in [0.717, 1.165) is 19.3 Å². The van der Waals surface area contributed by atoms with Gasteiger partial charge in [0.05, 0.1) is 0 Å². The Kier molecular flexibility index (Phi) is 9.49. The third-order valence-electron chi connectivity index (χ3n) is 4.10. The Balaban J connectivity index is 1.87. The molecule has 1 aliphatic rings. The van der Waals surface area contributed by atoms with Gasteiger partial charge in [0.2, 0.25) is 0 Å². The number of halogens is 1. The summed E-state index contributed by atoms with van der Waals surface area (Å²) in [6.45, 7) is 2.08. The van der Waals surface area contributed by atoms with Crippen LogP contribution in [0.25, 0.3) is 0 Å². The number of carbonyl (C=O) groups excluding carboxylic acids is 1. The first-order chi connectivity index (χ1) is 13.8. The number of unbranched alkanes of at least 4 members (excludes halogenated alkanes) is 2. The van der Waals surface area contributed by atoms with Gasteiger partial charge in [-0.3, -0.25) is 4.79 Å². The fourth-order valence-corrected chi connectivity index (χ4v) is 4.69. The van der Waals surface area contributed by atoms with Crippen molar-refractivity contribution in [1.29, 1.82) is 0 Å². The van der Waals surface area contributed by atoms with Crippen LogP contribution < -0.4 is 31.3 Å². The molecule has 10 nitrogen and oxygen atoms in total. The van der Waals surface area contributed by atoms with E-state index in [-0.39, 0.29) is 18.2 Å². The molecule has 11 heteroatoms. The number of nitrogens with one attached hydrogen (secondary N) is 1. The molecule has 29 heavy (non-hydrogen) atoms. The van der Waals surface area contributed by atoms with Crippen LogP contribution >= 0.6 is 0 Å². The van der Waals surface area contributed by atoms with Gasteiger partial charge >= 0.3 is 141 Å². The first-order valence-corrected chi connectivity index (χ1v) is 11.7. The summed E-state index contributed by atoms with van der Waals surface area (Å²) in [5, 5.41) is 41.7. The van der Waals surface area contributed by atoms with E-state index in [1.807, 2.05) is 0 Å². The molecular weight excluding hydrogens is 499 g/mol. The number of hydrogen-bond acceptors (Lipinski definition) is 8. The van der Waals surface area contributed by atoms with Gasteiger partial charge in [-0.05, 0) is 6.42 Å². The number of aromatic nitrogens is 1. The number of carbonyl (C=O) groups is 2. The van der Waals surface area contributed by atoms with Gasteiger partial charge < -0.3 is 0 Å². The number of aliphatic carboxylic acids is 1. The Morgan fingerprint density at radius 1 is 1.34 bits per heavy atom. The van der Waals surface area contributed by atoms with Crippen molar-refractivity contribution in [3.63, 3.8) is 0 Å². The van der Waals surface area contributed by atoms with E-state index >= 15 is 0 Å². The molecule has 0 saturated carbocycles. The van der Waals surface area contributed by atoms with Gasteiger partial charge in [-0.15, -0.1) is 0 Å². The first-order valence-electron chi connectivity index (χ1n) is 9.25.